The van der Waals surface area contributed by atoms with Crippen molar-refractivity contribution in [3.05, 3.63) is 71.4 Å². The van der Waals surface area contributed by atoms with Crippen LogP contribution in [0.1, 0.15) is 16.7 Å². The molecule has 0 radical (unpaired) electrons. The Morgan fingerprint density at radius 3 is 2.52 bits per heavy atom. The molecule has 1 aliphatic rings. The van der Waals surface area contributed by atoms with Gasteiger partial charge in [0, 0.05) is 31.2 Å². The molecule has 4 rings (SSSR count). The molecule has 3 aromatic rings. The van der Waals surface area contributed by atoms with Crippen molar-refractivity contribution in [3.8, 4) is 5.75 Å². The second-order valence-electron chi connectivity index (χ2n) is 5.57. The smallest absolute Gasteiger partial charge is 0.141 e. The summed E-state index contributed by atoms with van der Waals surface area (Å²) in [5, 5.41) is 11.1. The molecule has 1 aliphatic heterocycles. The molecule has 3 heteroatoms. The minimum absolute atomic E-state index is 0.270. The fraction of sp³-hybridized carbons (Fsp3) is 0.167. The Balaban J connectivity index is 1.71. The highest BCUT2D eigenvalue weighted by Gasteiger charge is 2.20. The largest absolute Gasteiger partial charge is 0.506 e. The first-order valence-electron chi connectivity index (χ1n) is 7.16. The van der Waals surface area contributed by atoms with Crippen molar-refractivity contribution in [1.82, 2.24) is 9.88 Å². The summed E-state index contributed by atoms with van der Waals surface area (Å²) < 4.78 is 0. The fourth-order valence-corrected chi connectivity index (χ4v) is 3.15. The van der Waals surface area contributed by atoms with Crippen molar-refractivity contribution >= 4 is 10.9 Å². The molecule has 0 saturated heterocycles. The number of aromatic nitrogens is 1. The van der Waals surface area contributed by atoms with E-state index in [4.69, 9.17) is 0 Å². The van der Waals surface area contributed by atoms with Gasteiger partial charge in [-0.1, -0.05) is 36.4 Å². The molecule has 0 fully saturated rings. The number of aromatic hydroxyl groups is 1. The van der Waals surface area contributed by atoms with Gasteiger partial charge < -0.3 is 5.11 Å². The molecule has 3 nitrogen and oxygen atoms in total. The van der Waals surface area contributed by atoms with Crippen molar-refractivity contribution in [2.45, 2.75) is 19.6 Å². The van der Waals surface area contributed by atoms with Gasteiger partial charge in [0.2, 0.25) is 0 Å². The fourth-order valence-electron chi connectivity index (χ4n) is 3.15. The number of rotatable bonds is 2. The van der Waals surface area contributed by atoms with Gasteiger partial charge in [-0.3, -0.25) is 9.88 Å². The van der Waals surface area contributed by atoms with Gasteiger partial charge in [0.05, 0.1) is 0 Å². The zero-order valence-electron chi connectivity index (χ0n) is 11.7. The third kappa shape index (κ3) is 2.16. The predicted molar refractivity (Wildman–Crippen MR) is 82.8 cm³/mol. The van der Waals surface area contributed by atoms with E-state index in [2.05, 4.69) is 40.2 Å². The average molecular weight is 276 g/mol. The van der Waals surface area contributed by atoms with Crippen molar-refractivity contribution in [2.75, 3.05) is 0 Å². The Hall–Kier alpha value is -2.39. The second-order valence-corrected chi connectivity index (χ2v) is 5.57. The maximum absolute atomic E-state index is 9.96. The third-order valence-electron chi connectivity index (χ3n) is 4.08. The van der Waals surface area contributed by atoms with Crippen LogP contribution in [0.2, 0.25) is 0 Å². The van der Waals surface area contributed by atoms with E-state index < -0.39 is 0 Å². The highest BCUT2D eigenvalue weighted by molar-refractivity contribution is 5.90. The van der Waals surface area contributed by atoms with E-state index in [-0.39, 0.29) is 5.75 Å². The van der Waals surface area contributed by atoms with Gasteiger partial charge in [0.1, 0.15) is 11.3 Å². The Kier molecular flexibility index (Phi) is 2.86. The molecule has 0 bridgehead atoms. The summed E-state index contributed by atoms with van der Waals surface area (Å²) in [6.45, 7) is 2.72. The first-order valence-corrected chi connectivity index (χ1v) is 7.16. The van der Waals surface area contributed by atoms with Crippen LogP contribution in [0.15, 0.2) is 54.7 Å². The van der Waals surface area contributed by atoms with Crippen LogP contribution in [0.3, 0.4) is 0 Å². The Labute approximate surface area is 123 Å². The lowest BCUT2D eigenvalue weighted by Crippen LogP contribution is -2.26. The van der Waals surface area contributed by atoms with E-state index in [0.717, 1.165) is 30.5 Å². The van der Waals surface area contributed by atoms with E-state index in [0.29, 0.717) is 0 Å². The summed E-state index contributed by atoms with van der Waals surface area (Å²) in [6, 6.07) is 16.3. The number of benzene rings is 2. The summed E-state index contributed by atoms with van der Waals surface area (Å²) in [5.74, 6) is 0.270. The van der Waals surface area contributed by atoms with E-state index in [9.17, 15) is 5.11 Å². The summed E-state index contributed by atoms with van der Waals surface area (Å²) >= 11 is 0. The van der Waals surface area contributed by atoms with Gasteiger partial charge in [-0.25, -0.2) is 0 Å². The number of nitrogens with zero attached hydrogens (tertiary/aromatic N) is 2. The maximum Gasteiger partial charge on any atom is 0.141 e. The molecule has 104 valence electrons. The van der Waals surface area contributed by atoms with Crippen molar-refractivity contribution in [3.63, 3.8) is 0 Å². The topological polar surface area (TPSA) is 36.4 Å². The normalized spacial score (nSPS) is 14.5. The van der Waals surface area contributed by atoms with Crippen LogP contribution in [0, 0.1) is 0 Å². The summed E-state index contributed by atoms with van der Waals surface area (Å²) in [7, 11) is 0. The summed E-state index contributed by atoms with van der Waals surface area (Å²) in [5.41, 5.74) is 4.54. The van der Waals surface area contributed by atoms with Gasteiger partial charge in [0.15, 0.2) is 0 Å². The Morgan fingerprint density at radius 1 is 0.952 bits per heavy atom. The van der Waals surface area contributed by atoms with Gasteiger partial charge in [-0.05, 0) is 28.8 Å². The van der Waals surface area contributed by atoms with E-state index in [1.54, 1.807) is 12.3 Å². The van der Waals surface area contributed by atoms with Crippen LogP contribution in [0.5, 0.6) is 5.75 Å². The molecule has 1 N–H and O–H groups in total. The first-order chi connectivity index (χ1) is 10.3. The molecular formula is C18H16N2O. The van der Waals surface area contributed by atoms with E-state index >= 15 is 0 Å². The minimum Gasteiger partial charge on any atom is -0.506 e. The quantitative estimate of drug-likeness (QED) is 0.778. The van der Waals surface area contributed by atoms with Crippen molar-refractivity contribution in [2.24, 2.45) is 0 Å². The molecular weight excluding hydrogens is 260 g/mol. The molecule has 2 aromatic carbocycles. The van der Waals surface area contributed by atoms with Crippen molar-refractivity contribution < 1.29 is 5.11 Å². The van der Waals surface area contributed by atoms with Crippen LogP contribution in [0.25, 0.3) is 10.9 Å². The standard InChI is InChI=1S/C18H16N2O/c21-16-7-6-14-11-20(10-13-4-2-1-3-5-13)12-15-8-9-19-18(16)17(14)15/h1-9,21H,10-12H2. The van der Waals surface area contributed by atoms with Crippen LogP contribution in [-0.2, 0) is 19.6 Å². The number of phenolic OH excluding ortho intramolecular Hbond substituents is 1. The Bertz CT molecular complexity index is 787. The molecule has 2 heterocycles. The maximum atomic E-state index is 9.96. The van der Waals surface area contributed by atoms with Gasteiger partial charge in [-0.2, -0.15) is 0 Å². The predicted octanol–water partition coefficient (Wildman–Crippen LogP) is 3.46. The lowest BCUT2D eigenvalue weighted by molar-refractivity contribution is 0.243. The average Bonchev–Trinajstić information content (AvgIpc) is 2.52. The third-order valence-corrected chi connectivity index (χ3v) is 4.08. The van der Waals surface area contributed by atoms with Crippen LogP contribution < -0.4 is 0 Å². The zero-order chi connectivity index (χ0) is 14.2. The lowest BCUT2D eigenvalue weighted by Gasteiger charge is -2.29. The molecule has 0 aliphatic carbocycles. The number of pyridine rings is 1. The number of hydrogen-bond acceptors (Lipinski definition) is 3. The first kappa shape index (κ1) is 12.4. The molecule has 0 spiro atoms. The van der Waals surface area contributed by atoms with Gasteiger partial charge >= 0.3 is 0 Å². The highest BCUT2D eigenvalue weighted by atomic mass is 16.3. The zero-order valence-corrected chi connectivity index (χ0v) is 11.7. The van der Waals surface area contributed by atoms with Gasteiger partial charge in [0.25, 0.3) is 0 Å². The summed E-state index contributed by atoms with van der Waals surface area (Å²) in [4.78, 5) is 6.74. The van der Waals surface area contributed by atoms with Crippen molar-refractivity contribution in [1.29, 1.82) is 0 Å². The molecule has 0 amide bonds. The highest BCUT2D eigenvalue weighted by Crippen LogP contribution is 2.33. The molecule has 0 atom stereocenters. The van der Waals surface area contributed by atoms with Gasteiger partial charge in [-0.15, -0.1) is 0 Å². The number of hydrogen-bond donors (Lipinski definition) is 1. The second kappa shape index (κ2) is 4.86. The summed E-state index contributed by atoms with van der Waals surface area (Å²) in [6.07, 6.45) is 1.78. The lowest BCUT2D eigenvalue weighted by atomic mass is 9.97. The van der Waals surface area contributed by atoms with E-state index in [1.807, 2.05) is 12.1 Å². The Morgan fingerprint density at radius 2 is 1.71 bits per heavy atom. The van der Waals surface area contributed by atoms with Crippen LogP contribution in [0.4, 0.5) is 0 Å². The molecule has 21 heavy (non-hydrogen) atoms. The molecule has 0 saturated carbocycles. The monoisotopic (exact) mass is 276 g/mol. The van der Waals surface area contributed by atoms with Crippen LogP contribution >= 0.6 is 0 Å². The number of phenols is 1. The minimum atomic E-state index is 0.270. The van der Waals surface area contributed by atoms with Crippen LogP contribution in [-0.4, -0.2) is 15.0 Å². The molecule has 1 aromatic heterocycles. The molecule has 0 unspecified atom stereocenters. The SMILES string of the molecule is Oc1ccc2c3c(ccnc13)CN(Cc1ccccc1)C2. The van der Waals surface area contributed by atoms with E-state index in [1.165, 1.54) is 16.7 Å².